The summed E-state index contributed by atoms with van der Waals surface area (Å²) in [5, 5.41) is 21.3. The zero-order chi connectivity index (χ0) is 17.5. The van der Waals surface area contributed by atoms with Crippen molar-refractivity contribution < 1.29 is 19.4 Å². The Kier molecular flexibility index (Phi) is 6.01. The average molecular weight is 331 g/mol. The number of nitriles is 1. The van der Waals surface area contributed by atoms with Crippen LogP contribution in [0, 0.1) is 11.3 Å². The number of methoxy groups -OCH3 is 1. The number of hydrogen-bond acceptors (Lipinski definition) is 4. The van der Waals surface area contributed by atoms with Crippen molar-refractivity contribution in [1.29, 1.82) is 5.26 Å². The summed E-state index contributed by atoms with van der Waals surface area (Å²) in [6.45, 7) is 0. The normalized spacial score (nSPS) is 15.8. The van der Waals surface area contributed by atoms with Crippen molar-refractivity contribution in [3.05, 3.63) is 29.8 Å². The first-order valence-corrected chi connectivity index (χ1v) is 7.93. The van der Waals surface area contributed by atoms with Crippen molar-refractivity contribution in [1.82, 2.24) is 10.2 Å². The Hall–Kier alpha value is -2.75. The van der Waals surface area contributed by atoms with Gasteiger partial charge in [0, 0.05) is 6.04 Å². The van der Waals surface area contributed by atoms with Crippen molar-refractivity contribution in [2.24, 2.45) is 0 Å². The molecule has 0 heterocycles. The van der Waals surface area contributed by atoms with Crippen molar-refractivity contribution in [3.63, 3.8) is 0 Å². The van der Waals surface area contributed by atoms with Crippen molar-refractivity contribution in [2.75, 3.05) is 7.11 Å². The van der Waals surface area contributed by atoms with Crippen molar-refractivity contribution in [2.45, 2.75) is 44.2 Å². The number of benzene rings is 1. The Morgan fingerprint density at radius 1 is 1.38 bits per heavy atom. The number of imide groups is 1. The number of carboxylic acid groups (broad SMARTS) is 1. The fourth-order valence-corrected chi connectivity index (χ4v) is 2.95. The lowest BCUT2D eigenvalue weighted by atomic mass is 9.94. The highest BCUT2D eigenvalue weighted by Gasteiger charge is 2.32. The lowest BCUT2D eigenvalue weighted by Gasteiger charge is -2.31. The molecule has 2 rings (SSSR count). The van der Waals surface area contributed by atoms with Crippen LogP contribution < -0.4 is 10.1 Å². The summed E-state index contributed by atoms with van der Waals surface area (Å²) in [6, 6.07) is 6.71. The third kappa shape index (κ3) is 4.16. The van der Waals surface area contributed by atoms with Crippen LogP contribution in [-0.4, -0.2) is 35.3 Å². The fraction of sp³-hybridized carbons (Fsp3) is 0.471. The van der Waals surface area contributed by atoms with E-state index in [-0.39, 0.29) is 6.04 Å². The second-order valence-electron chi connectivity index (χ2n) is 5.73. The maximum Gasteiger partial charge on any atom is 0.415 e. The maximum absolute atomic E-state index is 12.4. The molecule has 1 saturated carbocycles. The van der Waals surface area contributed by atoms with Crippen molar-refractivity contribution >= 4 is 12.1 Å². The van der Waals surface area contributed by atoms with Crippen molar-refractivity contribution in [3.8, 4) is 11.8 Å². The first-order chi connectivity index (χ1) is 11.6. The van der Waals surface area contributed by atoms with E-state index in [0.717, 1.165) is 24.2 Å². The van der Waals surface area contributed by atoms with E-state index in [0.29, 0.717) is 24.2 Å². The quantitative estimate of drug-likeness (QED) is 0.881. The van der Waals surface area contributed by atoms with Gasteiger partial charge in [-0.3, -0.25) is 0 Å². The summed E-state index contributed by atoms with van der Waals surface area (Å²) in [5.41, 5.74) is 0.541. The molecule has 24 heavy (non-hydrogen) atoms. The van der Waals surface area contributed by atoms with Crippen LogP contribution in [0.2, 0.25) is 0 Å². The van der Waals surface area contributed by atoms with E-state index in [2.05, 4.69) is 5.32 Å². The van der Waals surface area contributed by atoms with Gasteiger partial charge < -0.3 is 15.2 Å². The van der Waals surface area contributed by atoms with Crippen LogP contribution in [0.1, 0.15) is 43.7 Å². The summed E-state index contributed by atoms with van der Waals surface area (Å²) in [6.07, 6.45) is 2.89. The minimum atomic E-state index is -1.29. The minimum absolute atomic E-state index is 0.332. The summed E-state index contributed by atoms with van der Waals surface area (Å²) in [5.74, 6) is 0.560. The first kappa shape index (κ1) is 17.6. The van der Waals surface area contributed by atoms with Gasteiger partial charge in [0.2, 0.25) is 0 Å². The number of nitrogens with one attached hydrogen (secondary N) is 1. The number of urea groups is 1. The molecule has 1 aliphatic carbocycles. The van der Waals surface area contributed by atoms with E-state index >= 15 is 0 Å². The number of carbonyl (C=O) groups is 2. The van der Waals surface area contributed by atoms with Gasteiger partial charge in [-0.15, -0.1) is 0 Å². The fourth-order valence-electron chi connectivity index (χ4n) is 2.95. The van der Waals surface area contributed by atoms with Gasteiger partial charge in [-0.1, -0.05) is 31.4 Å². The zero-order valence-corrected chi connectivity index (χ0v) is 13.6. The third-order valence-electron chi connectivity index (χ3n) is 4.19. The molecule has 1 fully saturated rings. The van der Waals surface area contributed by atoms with Gasteiger partial charge in [0.05, 0.1) is 13.2 Å². The second-order valence-corrected chi connectivity index (χ2v) is 5.73. The monoisotopic (exact) mass is 331 g/mol. The smallest absolute Gasteiger partial charge is 0.415 e. The van der Waals surface area contributed by atoms with Crippen LogP contribution in [0.4, 0.5) is 9.59 Å². The molecule has 1 aromatic rings. The third-order valence-corrected chi connectivity index (χ3v) is 4.19. The predicted molar refractivity (Wildman–Crippen MR) is 86.6 cm³/mol. The maximum atomic E-state index is 12.4. The van der Waals surface area contributed by atoms with Gasteiger partial charge in [0.15, 0.2) is 0 Å². The van der Waals surface area contributed by atoms with Gasteiger partial charge in [0.1, 0.15) is 11.8 Å². The van der Waals surface area contributed by atoms with Crippen LogP contribution in [-0.2, 0) is 0 Å². The molecule has 1 aliphatic rings. The number of hydrogen-bond donors (Lipinski definition) is 2. The first-order valence-electron chi connectivity index (χ1n) is 7.93. The number of carbonyl (C=O) groups excluding carboxylic acids is 1. The molecule has 128 valence electrons. The minimum Gasteiger partial charge on any atom is -0.497 e. The predicted octanol–water partition coefficient (Wildman–Crippen LogP) is 3.28. The van der Waals surface area contributed by atoms with Gasteiger partial charge in [-0.05, 0) is 30.5 Å². The molecule has 0 aromatic heterocycles. The van der Waals surface area contributed by atoms with E-state index in [9.17, 15) is 20.0 Å². The summed E-state index contributed by atoms with van der Waals surface area (Å²) in [4.78, 5) is 24.8. The largest absolute Gasteiger partial charge is 0.497 e. The van der Waals surface area contributed by atoms with Crippen LogP contribution in [0.15, 0.2) is 24.3 Å². The number of amides is 3. The molecule has 1 atom stereocenters. The Balaban J connectivity index is 2.14. The molecule has 0 aliphatic heterocycles. The number of rotatable bonds is 4. The SMILES string of the molecule is COc1cccc(C(C#N)NC(=O)N(C(=O)O)C2CCCCC2)c1. The molecule has 3 amide bonds. The molecule has 0 saturated heterocycles. The zero-order valence-electron chi connectivity index (χ0n) is 13.6. The average Bonchev–Trinajstić information content (AvgIpc) is 2.60. The Morgan fingerprint density at radius 2 is 2.08 bits per heavy atom. The topological polar surface area (TPSA) is 103 Å². The van der Waals surface area contributed by atoms with Crippen LogP contribution in [0.25, 0.3) is 0 Å². The number of nitrogens with zero attached hydrogens (tertiary/aromatic N) is 2. The molecule has 1 unspecified atom stereocenters. The summed E-state index contributed by atoms with van der Waals surface area (Å²) in [7, 11) is 1.51. The number of ether oxygens (including phenoxy) is 1. The van der Waals surface area contributed by atoms with E-state index in [1.165, 1.54) is 7.11 Å². The molecular weight excluding hydrogens is 310 g/mol. The lowest BCUT2D eigenvalue weighted by Crippen LogP contribution is -2.50. The van der Waals surface area contributed by atoms with Crippen LogP contribution in [0.5, 0.6) is 5.75 Å². The summed E-state index contributed by atoms with van der Waals surface area (Å²) < 4.78 is 5.11. The van der Waals surface area contributed by atoms with E-state index in [1.54, 1.807) is 24.3 Å². The summed E-state index contributed by atoms with van der Waals surface area (Å²) >= 11 is 0. The van der Waals surface area contributed by atoms with Crippen LogP contribution in [0.3, 0.4) is 0 Å². The molecule has 0 radical (unpaired) electrons. The Labute approximate surface area is 140 Å². The molecule has 7 nitrogen and oxygen atoms in total. The van der Waals surface area contributed by atoms with E-state index in [4.69, 9.17) is 4.74 Å². The van der Waals surface area contributed by atoms with Gasteiger partial charge in [0.25, 0.3) is 0 Å². The highest BCUT2D eigenvalue weighted by Crippen LogP contribution is 2.24. The lowest BCUT2D eigenvalue weighted by molar-refractivity contribution is 0.120. The van der Waals surface area contributed by atoms with E-state index < -0.39 is 18.2 Å². The second kappa shape index (κ2) is 8.20. The molecule has 1 aromatic carbocycles. The molecule has 0 bridgehead atoms. The molecule has 0 spiro atoms. The van der Waals surface area contributed by atoms with E-state index in [1.807, 2.05) is 6.07 Å². The Morgan fingerprint density at radius 3 is 2.67 bits per heavy atom. The van der Waals surface area contributed by atoms with Gasteiger partial charge in [-0.25, -0.2) is 14.5 Å². The molecule has 7 heteroatoms. The highest BCUT2D eigenvalue weighted by atomic mass is 16.5. The molecular formula is C17H21N3O4. The highest BCUT2D eigenvalue weighted by molar-refractivity contribution is 5.90. The molecule has 2 N–H and O–H groups in total. The van der Waals surface area contributed by atoms with Crippen LogP contribution >= 0.6 is 0 Å². The standard InChI is InChI=1S/C17H21N3O4/c1-24-14-9-5-6-12(10-14)15(11-18)19-16(21)20(17(22)23)13-7-3-2-4-8-13/h5-6,9-10,13,15H,2-4,7-8H2,1H3,(H,19,21)(H,22,23). The van der Waals surface area contributed by atoms with Gasteiger partial charge in [-0.2, -0.15) is 5.26 Å². The van der Waals surface area contributed by atoms with Gasteiger partial charge >= 0.3 is 12.1 Å². The Bertz CT molecular complexity index is 635.